The minimum absolute atomic E-state index is 0.143. The largest absolute Gasteiger partial charge is 0.312 e. The molecule has 32 heavy (non-hydrogen) atoms. The van der Waals surface area contributed by atoms with Crippen LogP contribution in [-0.2, 0) is 27.6 Å². The number of carbonyl (C=O) groups is 1. The first-order valence-corrected chi connectivity index (χ1v) is 13.1. The van der Waals surface area contributed by atoms with Crippen molar-refractivity contribution in [1.82, 2.24) is 4.90 Å². The van der Waals surface area contributed by atoms with Crippen LogP contribution >= 0.6 is 0 Å². The minimum Gasteiger partial charge on any atom is -0.312 e. The third-order valence-electron chi connectivity index (χ3n) is 7.29. The topological polar surface area (TPSA) is 57.7 Å². The number of hydrogen-bond donors (Lipinski definition) is 0. The van der Waals surface area contributed by atoms with Gasteiger partial charge in [0.2, 0.25) is 5.91 Å². The van der Waals surface area contributed by atoms with E-state index in [4.69, 9.17) is 0 Å². The van der Waals surface area contributed by atoms with E-state index in [1.54, 1.807) is 24.3 Å². The maximum absolute atomic E-state index is 13.3. The number of nitrogens with zero attached hydrogens (tertiary/aromatic N) is 2. The van der Waals surface area contributed by atoms with Crippen molar-refractivity contribution < 1.29 is 17.6 Å². The standard InChI is InChI=1S/C25H29FN2O3S/c26-21-6-4-18(5-7-21)17-27-13-11-22(12-14-27)32(30,31)23-8-9-24-20(16-23)10-15-28(24)25(29)19-2-1-3-19/h4-9,16,19,22H,1-3,10-15,17H2. The summed E-state index contributed by atoms with van der Waals surface area (Å²) in [5.41, 5.74) is 2.88. The summed E-state index contributed by atoms with van der Waals surface area (Å²) in [4.78, 5) is 17.1. The molecular formula is C25H29FN2O3S. The Morgan fingerprint density at radius 2 is 1.69 bits per heavy atom. The van der Waals surface area contributed by atoms with Gasteiger partial charge in [-0.3, -0.25) is 9.69 Å². The van der Waals surface area contributed by atoms with Gasteiger partial charge in [0.05, 0.1) is 10.1 Å². The number of piperidine rings is 1. The van der Waals surface area contributed by atoms with Gasteiger partial charge in [0.15, 0.2) is 9.84 Å². The Bertz CT molecular complexity index is 1100. The van der Waals surface area contributed by atoms with Crippen molar-refractivity contribution in [2.45, 2.75) is 55.2 Å². The molecule has 7 heteroatoms. The molecule has 0 aromatic heterocycles. The number of hydrogen-bond acceptors (Lipinski definition) is 4. The van der Waals surface area contributed by atoms with Gasteiger partial charge in [-0.15, -0.1) is 0 Å². The Kier molecular flexibility index (Phi) is 5.80. The number of halogens is 1. The highest BCUT2D eigenvalue weighted by atomic mass is 32.2. The van der Waals surface area contributed by atoms with Crippen LogP contribution in [0, 0.1) is 11.7 Å². The summed E-state index contributed by atoms with van der Waals surface area (Å²) in [6, 6.07) is 11.8. The highest BCUT2D eigenvalue weighted by Crippen LogP contribution is 2.36. The first-order chi connectivity index (χ1) is 15.4. The van der Waals surface area contributed by atoms with Crippen LogP contribution in [0.25, 0.3) is 0 Å². The summed E-state index contributed by atoms with van der Waals surface area (Å²) in [7, 11) is -3.41. The van der Waals surface area contributed by atoms with Gasteiger partial charge in [-0.2, -0.15) is 0 Å². The number of rotatable bonds is 5. The van der Waals surface area contributed by atoms with Gasteiger partial charge in [0.1, 0.15) is 5.82 Å². The highest BCUT2D eigenvalue weighted by molar-refractivity contribution is 7.92. The van der Waals surface area contributed by atoms with E-state index in [2.05, 4.69) is 4.90 Å². The third-order valence-corrected chi connectivity index (χ3v) is 9.55. The molecule has 0 unspecified atom stereocenters. The summed E-state index contributed by atoms with van der Waals surface area (Å²) >= 11 is 0. The molecule has 2 aliphatic heterocycles. The number of anilines is 1. The number of carbonyl (C=O) groups excluding carboxylic acids is 1. The van der Waals surface area contributed by atoms with Gasteiger partial charge in [0, 0.05) is 24.7 Å². The van der Waals surface area contributed by atoms with Crippen LogP contribution in [0.2, 0.25) is 0 Å². The fourth-order valence-electron chi connectivity index (χ4n) is 5.08. The van der Waals surface area contributed by atoms with Gasteiger partial charge in [-0.25, -0.2) is 12.8 Å². The molecule has 1 saturated heterocycles. The molecule has 2 aromatic rings. The molecule has 0 bridgehead atoms. The lowest BCUT2D eigenvalue weighted by Gasteiger charge is -2.32. The molecule has 0 spiro atoms. The first-order valence-electron chi connectivity index (χ1n) is 11.6. The molecule has 1 amide bonds. The van der Waals surface area contributed by atoms with Crippen LogP contribution in [0.15, 0.2) is 47.4 Å². The van der Waals surface area contributed by atoms with Crippen LogP contribution in [0.3, 0.4) is 0 Å². The Morgan fingerprint density at radius 1 is 0.969 bits per heavy atom. The van der Waals surface area contributed by atoms with E-state index in [-0.39, 0.29) is 22.9 Å². The lowest BCUT2D eigenvalue weighted by molar-refractivity contribution is -0.124. The second-order valence-electron chi connectivity index (χ2n) is 9.31. The van der Waals surface area contributed by atoms with E-state index >= 15 is 0 Å². The van der Waals surface area contributed by atoms with E-state index in [0.717, 1.165) is 36.1 Å². The lowest BCUT2D eigenvalue weighted by atomic mass is 9.84. The molecule has 0 radical (unpaired) electrons. The molecule has 1 saturated carbocycles. The van der Waals surface area contributed by atoms with Gasteiger partial charge in [-0.1, -0.05) is 18.6 Å². The molecule has 0 N–H and O–H groups in total. The van der Waals surface area contributed by atoms with E-state index < -0.39 is 9.84 Å². The summed E-state index contributed by atoms with van der Waals surface area (Å²) in [5.74, 6) is 0.0898. The normalized spacial score (nSPS) is 20.2. The predicted octanol–water partition coefficient (Wildman–Crippen LogP) is 3.95. The maximum atomic E-state index is 13.3. The number of amides is 1. The molecular weight excluding hydrogens is 427 g/mol. The van der Waals surface area contributed by atoms with E-state index in [9.17, 15) is 17.6 Å². The maximum Gasteiger partial charge on any atom is 0.230 e. The first kappa shape index (κ1) is 21.6. The zero-order valence-corrected chi connectivity index (χ0v) is 19.0. The van der Waals surface area contributed by atoms with Crippen molar-refractivity contribution in [3.05, 3.63) is 59.4 Å². The fourth-order valence-corrected chi connectivity index (χ4v) is 6.86. The monoisotopic (exact) mass is 456 g/mol. The number of likely N-dealkylation sites (tertiary alicyclic amines) is 1. The minimum atomic E-state index is -3.41. The Morgan fingerprint density at radius 3 is 2.34 bits per heavy atom. The van der Waals surface area contributed by atoms with Crippen molar-refractivity contribution in [2.24, 2.45) is 5.92 Å². The van der Waals surface area contributed by atoms with Crippen molar-refractivity contribution in [2.75, 3.05) is 24.5 Å². The number of fused-ring (bicyclic) bond motifs is 1. The zero-order chi connectivity index (χ0) is 22.3. The molecule has 2 fully saturated rings. The summed E-state index contributed by atoms with van der Waals surface area (Å²) in [5, 5.41) is -0.390. The summed E-state index contributed by atoms with van der Waals surface area (Å²) < 4.78 is 39.8. The Balaban J connectivity index is 1.24. The second-order valence-corrected chi connectivity index (χ2v) is 11.5. The molecule has 2 aromatic carbocycles. The van der Waals surface area contributed by atoms with Crippen molar-refractivity contribution >= 4 is 21.4 Å². The van der Waals surface area contributed by atoms with Gasteiger partial charge in [0.25, 0.3) is 0 Å². The highest BCUT2D eigenvalue weighted by Gasteiger charge is 2.35. The van der Waals surface area contributed by atoms with Gasteiger partial charge >= 0.3 is 0 Å². The van der Waals surface area contributed by atoms with Gasteiger partial charge < -0.3 is 4.90 Å². The van der Waals surface area contributed by atoms with Crippen LogP contribution in [0.4, 0.5) is 10.1 Å². The van der Waals surface area contributed by atoms with Gasteiger partial charge in [-0.05, 0) is 86.7 Å². The molecule has 5 nitrogen and oxygen atoms in total. The number of sulfone groups is 1. The molecule has 2 heterocycles. The molecule has 0 atom stereocenters. The molecule has 170 valence electrons. The van der Waals surface area contributed by atoms with Crippen LogP contribution < -0.4 is 4.90 Å². The van der Waals surface area contributed by atoms with Crippen LogP contribution in [-0.4, -0.2) is 44.1 Å². The van der Waals surface area contributed by atoms with Crippen molar-refractivity contribution in [3.63, 3.8) is 0 Å². The SMILES string of the molecule is O=C(C1CCC1)N1CCc2cc(S(=O)(=O)C3CCN(Cc4ccc(F)cc4)CC3)ccc21. The third kappa shape index (κ3) is 4.08. The smallest absolute Gasteiger partial charge is 0.230 e. The summed E-state index contributed by atoms with van der Waals surface area (Å²) in [6.07, 6.45) is 4.96. The van der Waals surface area contributed by atoms with E-state index in [1.807, 2.05) is 11.0 Å². The van der Waals surface area contributed by atoms with Crippen molar-refractivity contribution in [3.8, 4) is 0 Å². The second kappa shape index (κ2) is 8.60. The number of benzene rings is 2. The van der Waals surface area contributed by atoms with E-state index in [1.165, 1.54) is 12.1 Å². The molecule has 3 aliphatic rings. The molecule has 1 aliphatic carbocycles. The molecule has 5 rings (SSSR count). The Hall–Kier alpha value is -2.25. The predicted molar refractivity (Wildman–Crippen MR) is 122 cm³/mol. The quantitative estimate of drug-likeness (QED) is 0.684. The zero-order valence-electron chi connectivity index (χ0n) is 18.2. The average Bonchev–Trinajstić information content (AvgIpc) is 3.18. The lowest BCUT2D eigenvalue weighted by Crippen LogP contribution is -2.39. The van der Waals surface area contributed by atoms with E-state index in [0.29, 0.717) is 50.3 Å². The van der Waals surface area contributed by atoms with Crippen molar-refractivity contribution in [1.29, 1.82) is 0 Å². The fraction of sp³-hybridized carbons (Fsp3) is 0.480. The van der Waals surface area contributed by atoms with Crippen LogP contribution in [0.5, 0.6) is 0 Å². The van der Waals surface area contributed by atoms with Crippen LogP contribution in [0.1, 0.15) is 43.2 Å². The Labute approximate surface area is 189 Å². The summed E-state index contributed by atoms with van der Waals surface area (Å²) in [6.45, 7) is 2.76. The average molecular weight is 457 g/mol.